The highest BCUT2D eigenvalue weighted by Gasteiger charge is 2.18. The van der Waals surface area contributed by atoms with Gasteiger partial charge in [-0.3, -0.25) is 9.59 Å². The van der Waals surface area contributed by atoms with E-state index in [4.69, 9.17) is 0 Å². The average molecular weight is 336 g/mol. The SMILES string of the molecule is C[C@H](NC(=O)CNC(=O)c1ccsc1)[C@@H](O)c1ccc(F)cc1. The van der Waals surface area contributed by atoms with Crippen molar-refractivity contribution in [3.05, 3.63) is 58.0 Å². The van der Waals surface area contributed by atoms with E-state index in [0.29, 0.717) is 11.1 Å². The lowest BCUT2D eigenvalue weighted by molar-refractivity contribution is -0.121. The van der Waals surface area contributed by atoms with E-state index in [1.807, 2.05) is 0 Å². The van der Waals surface area contributed by atoms with Crippen LogP contribution in [0.1, 0.15) is 28.9 Å². The van der Waals surface area contributed by atoms with E-state index in [-0.39, 0.29) is 12.5 Å². The third kappa shape index (κ3) is 4.87. The van der Waals surface area contributed by atoms with E-state index in [2.05, 4.69) is 10.6 Å². The molecule has 1 aromatic carbocycles. The molecule has 1 aromatic heterocycles. The number of nitrogens with one attached hydrogen (secondary N) is 2. The number of hydrogen-bond acceptors (Lipinski definition) is 4. The lowest BCUT2D eigenvalue weighted by Crippen LogP contribution is -2.43. The number of benzene rings is 1. The molecule has 2 aromatic rings. The zero-order valence-corrected chi connectivity index (χ0v) is 13.3. The van der Waals surface area contributed by atoms with Gasteiger partial charge in [0.2, 0.25) is 5.91 Å². The van der Waals surface area contributed by atoms with Crippen molar-refractivity contribution >= 4 is 23.2 Å². The molecule has 1 heterocycles. The number of aliphatic hydroxyl groups is 1. The highest BCUT2D eigenvalue weighted by atomic mass is 32.1. The largest absolute Gasteiger partial charge is 0.386 e. The van der Waals surface area contributed by atoms with Crippen molar-refractivity contribution in [2.45, 2.75) is 19.1 Å². The second kappa shape index (κ2) is 7.85. The first-order valence-electron chi connectivity index (χ1n) is 7.00. The van der Waals surface area contributed by atoms with Gasteiger partial charge in [0, 0.05) is 10.9 Å². The van der Waals surface area contributed by atoms with Crippen LogP contribution in [0.4, 0.5) is 4.39 Å². The smallest absolute Gasteiger partial charge is 0.252 e. The Morgan fingerprint density at radius 2 is 1.96 bits per heavy atom. The van der Waals surface area contributed by atoms with Crippen molar-refractivity contribution in [1.29, 1.82) is 0 Å². The maximum absolute atomic E-state index is 12.9. The molecule has 23 heavy (non-hydrogen) atoms. The highest BCUT2D eigenvalue weighted by molar-refractivity contribution is 7.08. The molecule has 5 nitrogen and oxygen atoms in total. The quantitative estimate of drug-likeness (QED) is 0.753. The second-order valence-electron chi connectivity index (χ2n) is 5.05. The van der Waals surface area contributed by atoms with Crippen molar-refractivity contribution in [3.8, 4) is 0 Å². The first kappa shape index (κ1) is 17.1. The Bertz CT molecular complexity index is 658. The van der Waals surface area contributed by atoms with Crippen molar-refractivity contribution in [2.24, 2.45) is 0 Å². The molecule has 0 saturated heterocycles. The fourth-order valence-electron chi connectivity index (χ4n) is 1.99. The van der Waals surface area contributed by atoms with Crippen LogP contribution >= 0.6 is 11.3 Å². The van der Waals surface area contributed by atoms with E-state index >= 15 is 0 Å². The van der Waals surface area contributed by atoms with Gasteiger partial charge in [0.25, 0.3) is 5.91 Å². The molecule has 0 aliphatic heterocycles. The molecule has 0 fully saturated rings. The Kier molecular flexibility index (Phi) is 5.84. The molecule has 0 radical (unpaired) electrons. The third-order valence-electron chi connectivity index (χ3n) is 3.27. The first-order chi connectivity index (χ1) is 11.0. The molecule has 7 heteroatoms. The van der Waals surface area contributed by atoms with Crippen molar-refractivity contribution < 1.29 is 19.1 Å². The van der Waals surface area contributed by atoms with Gasteiger partial charge in [-0.15, -0.1) is 0 Å². The minimum absolute atomic E-state index is 0.185. The average Bonchev–Trinajstić information content (AvgIpc) is 3.07. The predicted molar refractivity (Wildman–Crippen MR) is 85.6 cm³/mol. The van der Waals surface area contributed by atoms with E-state index in [1.54, 1.807) is 23.8 Å². The summed E-state index contributed by atoms with van der Waals surface area (Å²) in [5.74, 6) is -1.14. The molecule has 0 bridgehead atoms. The fraction of sp³-hybridized carbons (Fsp3) is 0.250. The molecule has 2 amide bonds. The summed E-state index contributed by atoms with van der Waals surface area (Å²) in [5.41, 5.74) is 1.00. The monoisotopic (exact) mass is 336 g/mol. The molecule has 3 N–H and O–H groups in total. The van der Waals surface area contributed by atoms with Gasteiger partial charge in [-0.25, -0.2) is 4.39 Å². The Balaban J connectivity index is 1.82. The van der Waals surface area contributed by atoms with E-state index in [9.17, 15) is 19.1 Å². The predicted octanol–water partition coefficient (Wildman–Crippen LogP) is 1.86. The van der Waals surface area contributed by atoms with Crippen LogP contribution in [0.5, 0.6) is 0 Å². The first-order valence-corrected chi connectivity index (χ1v) is 7.95. The van der Waals surface area contributed by atoms with Crippen molar-refractivity contribution in [1.82, 2.24) is 10.6 Å². The van der Waals surface area contributed by atoms with Crippen molar-refractivity contribution in [3.63, 3.8) is 0 Å². The zero-order chi connectivity index (χ0) is 16.8. The molecule has 0 unspecified atom stereocenters. The molecule has 0 saturated carbocycles. The Labute approximate surface area is 137 Å². The summed E-state index contributed by atoms with van der Waals surface area (Å²) in [6.07, 6.45) is -0.966. The second-order valence-corrected chi connectivity index (χ2v) is 5.83. The maximum Gasteiger partial charge on any atom is 0.252 e. The molecule has 0 aliphatic rings. The summed E-state index contributed by atoms with van der Waals surface area (Å²) in [7, 11) is 0. The highest BCUT2D eigenvalue weighted by Crippen LogP contribution is 2.17. The summed E-state index contributed by atoms with van der Waals surface area (Å²) < 4.78 is 12.9. The number of rotatable bonds is 6. The van der Waals surface area contributed by atoms with E-state index in [0.717, 1.165) is 0 Å². The van der Waals surface area contributed by atoms with Crippen LogP contribution in [-0.4, -0.2) is 29.5 Å². The Morgan fingerprint density at radius 3 is 2.57 bits per heavy atom. The van der Waals surface area contributed by atoms with Crippen LogP contribution in [0, 0.1) is 5.82 Å². The summed E-state index contributed by atoms with van der Waals surface area (Å²) >= 11 is 1.39. The summed E-state index contributed by atoms with van der Waals surface area (Å²) in [4.78, 5) is 23.5. The van der Waals surface area contributed by atoms with E-state index in [1.165, 1.54) is 35.6 Å². The number of amides is 2. The maximum atomic E-state index is 12.9. The van der Waals surface area contributed by atoms with Gasteiger partial charge in [0.15, 0.2) is 0 Å². The van der Waals surface area contributed by atoms with Crippen LogP contribution in [0.15, 0.2) is 41.1 Å². The lowest BCUT2D eigenvalue weighted by atomic mass is 10.0. The Morgan fingerprint density at radius 1 is 1.26 bits per heavy atom. The summed E-state index contributed by atoms with van der Waals surface area (Å²) in [6.45, 7) is 1.45. The third-order valence-corrected chi connectivity index (χ3v) is 3.95. The van der Waals surface area contributed by atoms with Crippen LogP contribution < -0.4 is 10.6 Å². The van der Waals surface area contributed by atoms with Crippen LogP contribution in [0.3, 0.4) is 0 Å². The topological polar surface area (TPSA) is 78.4 Å². The zero-order valence-electron chi connectivity index (χ0n) is 12.5. The molecule has 2 rings (SSSR count). The normalized spacial score (nSPS) is 13.2. The molecule has 0 spiro atoms. The van der Waals surface area contributed by atoms with Gasteiger partial charge in [0.05, 0.1) is 18.7 Å². The number of halogens is 1. The number of carbonyl (C=O) groups excluding carboxylic acids is 2. The molecule has 2 atom stereocenters. The molecular weight excluding hydrogens is 319 g/mol. The number of hydrogen-bond donors (Lipinski definition) is 3. The van der Waals surface area contributed by atoms with Gasteiger partial charge in [-0.2, -0.15) is 11.3 Å². The fourth-order valence-corrected chi connectivity index (χ4v) is 2.62. The van der Waals surface area contributed by atoms with Crippen LogP contribution in [-0.2, 0) is 4.79 Å². The van der Waals surface area contributed by atoms with Gasteiger partial charge < -0.3 is 15.7 Å². The number of thiophene rings is 1. The summed E-state index contributed by atoms with van der Waals surface area (Å²) in [6, 6.07) is 6.49. The minimum Gasteiger partial charge on any atom is -0.386 e. The van der Waals surface area contributed by atoms with Crippen molar-refractivity contribution in [2.75, 3.05) is 6.54 Å². The number of carbonyl (C=O) groups is 2. The lowest BCUT2D eigenvalue weighted by Gasteiger charge is -2.20. The minimum atomic E-state index is -0.966. The van der Waals surface area contributed by atoms with Gasteiger partial charge in [0.1, 0.15) is 5.82 Å². The van der Waals surface area contributed by atoms with Gasteiger partial charge >= 0.3 is 0 Å². The molecule has 0 aliphatic carbocycles. The van der Waals surface area contributed by atoms with Gasteiger partial charge in [-0.05, 0) is 36.1 Å². The number of aliphatic hydroxyl groups excluding tert-OH is 1. The molecule has 122 valence electrons. The van der Waals surface area contributed by atoms with Gasteiger partial charge in [-0.1, -0.05) is 12.1 Å². The summed E-state index contributed by atoms with van der Waals surface area (Å²) in [5, 5.41) is 18.7. The van der Waals surface area contributed by atoms with Crippen LogP contribution in [0.2, 0.25) is 0 Å². The molecular formula is C16H17FN2O3S. The van der Waals surface area contributed by atoms with E-state index < -0.39 is 23.9 Å². The standard InChI is InChI=1S/C16H17FN2O3S/c1-10(15(21)11-2-4-13(17)5-3-11)19-14(20)8-18-16(22)12-6-7-23-9-12/h2-7,9-10,15,21H,8H2,1H3,(H,18,22)(H,19,20)/t10-,15+/m0/s1. The van der Waals surface area contributed by atoms with Crippen LogP contribution in [0.25, 0.3) is 0 Å². The Hall–Kier alpha value is -2.25.